The molecule has 0 amide bonds. The van der Waals surface area contributed by atoms with Crippen molar-refractivity contribution in [2.75, 3.05) is 25.0 Å². The van der Waals surface area contributed by atoms with Crippen molar-refractivity contribution in [2.24, 2.45) is 9.98 Å². The number of benzene rings is 1. The summed E-state index contributed by atoms with van der Waals surface area (Å²) in [6.07, 6.45) is 7.30. The molecule has 0 bridgehead atoms. The zero-order valence-electron chi connectivity index (χ0n) is 20.4. The molecule has 1 aromatic heterocycles. The van der Waals surface area contributed by atoms with Gasteiger partial charge in [0.05, 0.1) is 0 Å². The van der Waals surface area contributed by atoms with E-state index in [1.165, 1.54) is 6.07 Å². The van der Waals surface area contributed by atoms with Crippen LogP contribution in [0.15, 0.2) is 58.3 Å². The Morgan fingerprint density at radius 1 is 1.12 bits per heavy atom. The maximum absolute atomic E-state index is 13.9. The van der Waals surface area contributed by atoms with Gasteiger partial charge in [0.15, 0.2) is 11.6 Å². The van der Waals surface area contributed by atoms with Crippen molar-refractivity contribution in [3.05, 3.63) is 71.2 Å². The van der Waals surface area contributed by atoms with Crippen LogP contribution in [0.2, 0.25) is 0 Å². The Balaban J connectivity index is 1.74. The van der Waals surface area contributed by atoms with Crippen molar-refractivity contribution < 1.29 is 8.78 Å². The topological polar surface area (TPSA) is 65.8 Å². The number of aromatic nitrogens is 2. The normalized spacial score (nSPS) is 16.7. The number of nitrogens with zero attached hydrogens (tertiary/aromatic N) is 5. The Kier molecular flexibility index (Phi) is 8.62. The maximum Gasteiger partial charge on any atom is 0.218 e. The van der Waals surface area contributed by atoms with Crippen LogP contribution >= 0.6 is 0 Å². The number of aryl methyl sites for hydroxylation is 1. The van der Waals surface area contributed by atoms with Crippen molar-refractivity contribution in [1.29, 1.82) is 0 Å². The van der Waals surface area contributed by atoms with E-state index >= 15 is 0 Å². The van der Waals surface area contributed by atoms with Crippen molar-refractivity contribution in [2.45, 2.75) is 46.6 Å². The van der Waals surface area contributed by atoms with E-state index in [-0.39, 0.29) is 6.04 Å². The Hall–Kier alpha value is -3.42. The lowest BCUT2D eigenvalue weighted by Crippen LogP contribution is -2.44. The summed E-state index contributed by atoms with van der Waals surface area (Å²) in [6.45, 7) is 9.43. The first-order valence-corrected chi connectivity index (χ1v) is 11.4. The number of nitrogens with one attached hydrogen (secondary N) is 1. The number of allylic oxidation sites excluding steroid dienone is 4. The molecule has 0 spiro atoms. The Labute approximate surface area is 200 Å². The van der Waals surface area contributed by atoms with E-state index in [1.807, 2.05) is 45.9 Å². The second-order valence-corrected chi connectivity index (χ2v) is 8.39. The van der Waals surface area contributed by atoms with E-state index in [2.05, 4.69) is 25.2 Å². The average molecular weight is 467 g/mol. The molecule has 2 aromatic rings. The van der Waals surface area contributed by atoms with Gasteiger partial charge in [0, 0.05) is 49.2 Å². The van der Waals surface area contributed by atoms with Gasteiger partial charge in [0.1, 0.15) is 12.1 Å². The number of aliphatic imine (C=N–C) groups is 2. The van der Waals surface area contributed by atoms with E-state index in [0.29, 0.717) is 22.8 Å². The molecule has 1 aliphatic heterocycles. The highest BCUT2D eigenvalue weighted by Gasteiger charge is 2.21. The molecule has 34 heavy (non-hydrogen) atoms. The fraction of sp³-hybridized carbons (Fsp3) is 0.385. The molecule has 1 aliphatic rings. The lowest BCUT2D eigenvalue weighted by Gasteiger charge is -2.33. The van der Waals surface area contributed by atoms with Gasteiger partial charge in [-0.2, -0.15) is 0 Å². The molecule has 3 rings (SSSR count). The third kappa shape index (κ3) is 6.56. The molecule has 2 heterocycles. The van der Waals surface area contributed by atoms with Gasteiger partial charge < -0.3 is 10.2 Å². The van der Waals surface area contributed by atoms with Crippen LogP contribution in [0.4, 0.5) is 14.6 Å². The molecule has 0 saturated carbocycles. The number of halogens is 2. The minimum Gasteiger partial charge on any atom is -0.356 e. The minimum absolute atomic E-state index is 0.224. The molecule has 0 atom stereocenters. The highest BCUT2D eigenvalue weighted by Crippen LogP contribution is 2.22. The second-order valence-electron chi connectivity index (χ2n) is 8.39. The van der Waals surface area contributed by atoms with Gasteiger partial charge in [0.25, 0.3) is 0 Å². The number of anilines is 1. The summed E-state index contributed by atoms with van der Waals surface area (Å²) in [7, 11) is 1.69. The maximum atomic E-state index is 13.9. The van der Waals surface area contributed by atoms with Gasteiger partial charge in [-0.05, 0) is 64.3 Å². The lowest BCUT2D eigenvalue weighted by atomic mass is 9.99. The molecule has 1 N–H and O–H groups in total. The van der Waals surface area contributed by atoms with E-state index in [0.717, 1.165) is 49.1 Å². The monoisotopic (exact) mass is 466 g/mol. The van der Waals surface area contributed by atoms with Crippen LogP contribution < -0.4 is 10.2 Å². The van der Waals surface area contributed by atoms with Gasteiger partial charge in [-0.25, -0.2) is 23.7 Å². The molecule has 1 fully saturated rings. The SMILES string of the molecule is C\C=C(C)/C=C(\C(C)=N\C(=NC)NC1CCN(c2cc(C)ncn2)CC1)c1ccc(F)c(F)c1. The van der Waals surface area contributed by atoms with Crippen LogP contribution in [0, 0.1) is 18.6 Å². The molecule has 8 heteroatoms. The van der Waals surface area contributed by atoms with Gasteiger partial charge in [-0.1, -0.05) is 17.7 Å². The van der Waals surface area contributed by atoms with Crippen molar-refractivity contribution in [3.63, 3.8) is 0 Å². The first kappa shape index (κ1) is 25.2. The standard InChI is InChI=1S/C26H32F2N6/c1-6-17(2)13-22(20-7-8-23(27)24(28)15-20)19(4)32-26(29-5)33-21-9-11-34(12-10-21)25-14-18(3)30-16-31-25/h6-8,13-16,21H,9-12H2,1-5H3,(H,29,33)/b17-6-,22-13+,32-19+. The molecular weight excluding hydrogens is 434 g/mol. The Bertz CT molecular complexity index is 1130. The predicted octanol–water partition coefficient (Wildman–Crippen LogP) is 5.12. The number of hydrogen-bond acceptors (Lipinski definition) is 4. The van der Waals surface area contributed by atoms with Gasteiger partial charge in [0.2, 0.25) is 5.96 Å². The van der Waals surface area contributed by atoms with E-state index in [9.17, 15) is 8.78 Å². The third-order valence-corrected chi connectivity index (χ3v) is 5.87. The quantitative estimate of drug-likeness (QED) is 0.377. The molecule has 6 nitrogen and oxygen atoms in total. The molecule has 1 aromatic carbocycles. The Morgan fingerprint density at radius 3 is 2.47 bits per heavy atom. The summed E-state index contributed by atoms with van der Waals surface area (Å²) < 4.78 is 27.4. The van der Waals surface area contributed by atoms with Crippen LogP contribution in [0.3, 0.4) is 0 Å². The summed E-state index contributed by atoms with van der Waals surface area (Å²) in [5, 5.41) is 3.44. The van der Waals surface area contributed by atoms with E-state index < -0.39 is 11.6 Å². The predicted molar refractivity (Wildman–Crippen MR) is 135 cm³/mol. The highest BCUT2D eigenvalue weighted by molar-refractivity contribution is 6.25. The number of hydrogen-bond donors (Lipinski definition) is 1. The summed E-state index contributed by atoms with van der Waals surface area (Å²) in [6, 6.07) is 6.12. The van der Waals surface area contributed by atoms with Crippen LogP contribution in [0.5, 0.6) is 0 Å². The lowest BCUT2D eigenvalue weighted by molar-refractivity contribution is 0.463. The molecule has 0 radical (unpaired) electrons. The average Bonchev–Trinajstić information content (AvgIpc) is 2.84. The number of guanidine groups is 1. The zero-order chi connectivity index (χ0) is 24.7. The van der Waals surface area contributed by atoms with Gasteiger partial charge in [-0.3, -0.25) is 4.99 Å². The Morgan fingerprint density at radius 2 is 1.85 bits per heavy atom. The summed E-state index contributed by atoms with van der Waals surface area (Å²) in [4.78, 5) is 19.8. The van der Waals surface area contributed by atoms with E-state index in [4.69, 9.17) is 4.99 Å². The van der Waals surface area contributed by atoms with Crippen molar-refractivity contribution in [1.82, 2.24) is 15.3 Å². The summed E-state index contributed by atoms with van der Waals surface area (Å²) in [5.41, 5.74) is 3.88. The van der Waals surface area contributed by atoms with E-state index in [1.54, 1.807) is 19.4 Å². The van der Waals surface area contributed by atoms with Gasteiger partial charge >= 0.3 is 0 Å². The fourth-order valence-corrected chi connectivity index (χ4v) is 3.79. The highest BCUT2D eigenvalue weighted by atomic mass is 19.2. The number of rotatable bonds is 5. The summed E-state index contributed by atoms with van der Waals surface area (Å²) >= 11 is 0. The molecule has 0 aliphatic carbocycles. The molecule has 0 unspecified atom stereocenters. The van der Waals surface area contributed by atoms with Crippen molar-refractivity contribution in [3.8, 4) is 0 Å². The van der Waals surface area contributed by atoms with Gasteiger partial charge in [-0.15, -0.1) is 0 Å². The smallest absolute Gasteiger partial charge is 0.218 e. The first-order chi connectivity index (χ1) is 16.3. The third-order valence-electron chi connectivity index (χ3n) is 5.87. The summed E-state index contributed by atoms with van der Waals surface area (Å²) in [5.74, 6) is -0.297. The van der Waals surface area contributed by atoms with Crippen molar-refractivity contribution >= 4 is 23.1 Å². The minimum atomic E-state index is -0.887. The van der Waals surface area contributed by atoms with Crippen LogP contribution in [0.1, 0.15) is 44.9 Å². The first-order valence-electron chi connectivity index (χ1n) is 11.4. The van der Waals surface area contributed by atoms with Crippen LogP contribution in [-0.2, 0) is 0 Å². The number of piperidine rings is 1. The molecule has 180 valence electrons. The molecular formula is C26H32F2N6. The van der Waals surface area contributed by atoms with Crippen LogP contribution in [-0.4, -0.2) is 47.8 Å². The fourth-order valence-electron chi connectivity index (χ4n) is 3.79. The largest absolute Gasteiger partial charge is 0.356 e. The second kappa shape index (κ2) is 11.6. The zero-order valence-corrected chi connectivity index (χ0v) is 20.4. The molecule has 1 saturated heterocycles. The van der Waals surface area contributed by atoms with Crippen LogP contribution in [0.25, 0.3) is 5.57 Å².